The van der Waals surface area contributed by atoms with Crippen molar-refractivity contribution >= 4 is 27.5 Å². The summed E-state index contributed by atoms with van der Waals surface area (Å²) in [5.41, 5.74) is 1.09. The molecule has 0 radical (unpaired) electrons. The third kappa shape index (κ3) is 3.31. The van der Waals surface area contributed by atoms with Gasteiger partial charge >= 0.3 is 0 Å². The van der Waals surface area contributed by atoms with Gasteiger partial charge in [0.2, 0.25) is 0 Å². The number of aryl methyl sites for hydroxylation is 1. The smallest absolute Gasteiger partial charge is 0.282 e. The van der Waals surface area contributed by atoms with Gasteiger partial charge in [-0.3, -0.25) is 9.59 Å². The molecule has 2 aromatic rings. The van der Waals surface area contributed by atoms with E-state index in [1.807, 2.05) is 4.90 Å². The molecule has 122 valence electrons. The zero-order chi connectivity index (χ0) is 16.4. The van der Waals surface area contributed by atoms with Crippen LogP contribution in [0.4, 0.5) is 5.69 Å². The minimum atomic E-state index is -0.178. The fraction of sp³-hybridized carbons (Fsp3) is 0.400. The summed E-state index contributed by atoms with van der Waals surface area (Å²) in [7, 11) is 1.61. The highest BCUT2D eigenvalue weighted by molar-refractivity contribution is 9.10. The molecular formula is C15H17BrN4O3. The van der Waals surface area contributed by atoms with Gasteiger partial charge in [0, 0.05) is 26.2 Å². The minimum Gasteiger partial charge on any atom is -0.472 e. The second-order valence-electron chi connectivity index (χ2n) is 5.52. The topological polar surface area (TPSA) is 80.4 Å². The van der Waals surface area contributed by atoms with E-state index in [9.17, 15) is 9.59 Å². The molecule has 0 spiro atoms. The highest BCUT2D eigenvalue weighted by Gasteiger charge is 2.24. The molecule has 0 bridgehead atoms. The molecule has 7 nitrogen and oxygen atoms in total. The molecule has 1 amide bonds. The summed E-state index contributed by atoms with van der Waals surface area (Å²) in [4.78, 5) is 25.9. The van der Waals surface area contributed by atoms with Crippen LogP contribution >= 0.6 is 15.9 Å². The molecule has 0 saturated carbocycles. The number of nitrogens with zero attached hydrogens (tertiary/aromatic N) is 3. The molecule has 3 heterocycles. The number of aromatic nitrogens is 2. The van der Waals surface area contributed by atoms with E-state index in [2.05, 4.69) is 26.3 Å². The molecule has 0 aliphatic carbocycles. The fourth-order valence-electron chi connectivity index (χ4n) is 2.63. The number of rotatable bonds is 3. The molecule has 2 aromatic heterocycles. The number of piperidine rings is 1. The van der Waals surface area contributed by atoms with E-state index < -0.39 is 0 Å². The van der Waals surface area contributed by atoms with Crippen LogP contribution in [-0.2, 0) is 7.05 Å². The normalized spacial score (nSPS) is 15.7. The van der Waals surface area contributed by atoms with Gasteiger partial charge in [0.05, 0.1) is 23.7 Å². The van der Waals surface area contributed by atoms with Crippen LogP contribution < -0.4 is 10.9 Å². The summed E-state index contributed by atoms with van der Waals surface area (Å²) >= 11 is 3.31. The average Bonchev–Trinajstić information content (AvgIpc) is 3.10. The summed E-state index contributed by atoms with van der Waals surface area (Å²) in [6.45, 7) is 1.33. The predicted octanol–water partition coefficient (Wildman–Crippen LogP) is 1.85. The van der Waals surface area contributed by atoms with E-state index in [0.717, 1.165) is 12.8 Å². The monoisotopic (exact) mass is 380 g/mol. The Balaban J connectivity index is 1.61. The molecular weight excluding hydrogens is 364 g/mol. The summed E-state index contributed by atoms with van der Waals surface area (Å²) in [5.74, 6) is -0.00590. The lowest BCUT2D eigenvalue weighted by Crippen LogP contribution is -2.42. The van der Waals surface area contributed by atoms with Crippen LogP contribution in [0.1, 0.15) is 23.2 Å². The van der Waals surface area contributed by atoms with Crippen LogP contribution in [0.25, 0.3) is 0 Å². The van der Waals surface area contributed by atoms with Crippen molar-refractivity contribution in [3.05, 3.63) is 45.2 Å². The van der Waals surface area contributed by atoms with Crippen molar-refractivity contribution in [1.29, 1.82) is 0 Å². The number of hydrogen-bond acceptors (Lipinski definition) is 5. The maximum Gasteiger partial charge on any atom is 0.282 e. The van der Waals surface area contributed by atoms with Crippen molar-refractivity contribution in [1.82, 2.24) is 14.7 Å². The van der Waals surface area contributed by atoms with Crippen LogP contribution in [0.15, 0.2) is 38.5 Å². The number of carbonyl (C=O) groups is 1. The quantitative estimate of drug-likeness (QED) is 0.878. The number of carbonyl (C=O) groups excluding carboxylic acids is 1. The summed E-state index contributed by atoms with van der Waals surface area (Å²) in [5, 5.41) is 7.35. The zero-order valence-corrected chi connectivity index (χ0v) is 14.2. The molecule has 1 saturated heterocycles. The number of amides is 1. The van der Waals surface area contributed by atoms with Crippen LogP contribution in [0, 0.1) is 0 Å². The largest absolute Gasteiger partial charge is 0.472 e. The molecule has 1 N–H and O–H groups in total. The number of hydrogen-bond donors (Lipinski definition) is 1. The first kappa shape index (κ1) is 15.8. The van der Waals surface area contributed by atoms with E-state index in [1.54, 1.807) is 19.3 Å². The Morgan fingerprint density at radius 2 is 2.17 bits per heavy atom. The Morgan fingerprint density at radius 1 is 1.43 bits per heavy atom. The van der Waals surface area contributed by atoms with Crippen molar-refractivity contribution < 1.29 is 9.21 Å². The van der Waals surface area contributed by atoms with Gasteiger partial charge in [-0.05, 0) is 34.8 Å². The molecule has 1 fully saturated rings. The van der Waals surface area contributed by atoms with Crippen molar-refractivity contribution in [3.8, 4) is 0 Å². The highest BCUT2D eigenvalue weighted by atomic mass is 79.9. The Kier molecular flexibility index (Phi) is 4.51. The molecule has 0 unspecified atom stereocenters. The number of likely N-dealkylation sites (tertiary alicyclic amines) is 1. The van der Waals surface area contributed by atoms with Gasteiger partial charge < -0.3 is 14.6 Å². The maximum atomic E-state index is 12.2. The van der Waals surface area contributed by atoms with Gasteiger partial charge in [0.25, 0.3) is 11.5 Å². The molecule has 3 rings (SSSR count). The molecule has 8 heteroatoms. The first-order valence-electron chi connectivity index (χ1n) is 7.36. The fourth-order valence-corrected chi connectivity index (χ4v) is 3.10. The van der Waals surface area contributed by atoms with Crippen molar-refractivity contribution in [3.63, 3.8) is 0 Å². The molecule has 0 aromatic carbocycles. The number of anilines is 1. The van der Waals surface area contributed by atoms with Gasteiger partial charge in [-0.25, -0.2) is 4.68 Å². The van der Waals surface area contributed by atoms with Crippen LogP contribution in [-0.4, -0.2) is 39.7 Å². The third-order valence-electron chi connectivity index (χ3n) is 3.99. The van der Waals surface area contributed by atoms with Crippen LogP contribution in [0.3, 0.4) is 0 Å². The second-order valence-corrected chi connectivity index (χ2v) is 6.32. The molecule has 1 aliphatic rings. The van der Waals surface area contributed by atoms with E-state index in [-0.39, 0.29) is 17.5 Å². The van der Waals surface area contributed by atoms with Gasteiger partial charge in [-0.15, -0.1) is 0 Å². The average molecular weight is 381 g/mol. The minimum absolute atomic E-state index is 0.00590. The predicted molar refractivity (Wildman–Crippen MR) is 88.4 cm³/mol. The zero-order valence-electron chi connectivity index (χ0n) is 12.7. The van der Waals surface area contributed by atoms with Crippen molar-refractivity contribution in [2.75, 3.05) is 18.4 Å². The Bertz CT molecular complexity index is 749. The van der Waals surface area contributed by atoms with E-state index in [0.29, 0.717) is 28.8 Å². The lowest BCUT2D eigenvalue weighted by Gasteiger charge is -2.32. The van der Waals surface area contributed by atoms with Gasteiger partial charge in [0.15, 0.2) is 0 Å². The molecule has 0 atom stereocenters. The van der Waals surface area contributed by atoms with Gasteiger partial charge in [-0.2, -0.15) is 5.10 Å². The number of nitrogens with one attached hydrogen (secondary N) is 1. The lowest BCUT2D eigenvalue weighted by molar-refractivity contribution is 0.0718. The Labute approximate surface area is 141 Å². The van der Waals surface area contributed by atoms with E-state index in [4.69, 9.17) is 4.42 Å². The maximum absolute atomic E-state index is 12.2. The van der Waals surface area contributed by atoms with E-state index >= 15 is 0 Å². The first-order chi connectivity index (χ1) is 11.1. The lowest BCUT2D eigenvalue weighted by atomic mass is 10.0. The Morgan fingerprint density at radius 3 is 2.83 bits per heavy atom. The van der Waals surface area contributed by atoms with Crippen molar-refractivity contribution in [2.45, 2.75) is 18.9 Å². The standard InChI is InChI=1S/C15H17BrN4O3/c1-19-15(22)13(16)12(8-17-19)18-11-2-5-20(6-3-11)14(21)10-4-7-23-9-10/h4,7-9,11,18H,2-3,5-6H2,1H3. The SMILES string of the molecule is Cn1ncc(NC2CCN(C(=O)c3ccoc3)CC2)c(Br)c1=O. The van der Waals surface area contributed by atoms with E-state index in [1.165, 1.54) is 17.2 Å². The summed E-state index contributed by atoms with van der Waals surface area (Å²) < 4.78 is 6.71. The first-order valence-corrected chi connectivity index (χ1v) is 8.15. The summed E-state index contributed by atoms with van der Waals surface area (Å²) in [6, 6.07) is 1.88. The van der Waals surface area contributed by atoms with Gasteiger partial charge in [0.1, 0.15) is 10.7 Å². The Hall–Kier alpha value is -2.09. The highest BCUT2D eigenvalue weighted by Crippen LogP contribution is 2.21. The van der Waals surface area contributed by atoms with Crippen molar-refractivity contribution in [2.24, 2.45) is 7.05 Å². The molecule has 1 aliphatic heterocycles. The van der Waals surface area contributed by atoms with Gasteiger partial charge in [-0.1, -0.05) is 0 Å². The van der Waals surface area contributed by atoms with Crippen LogP contribution in [0.2, 0.25) is 0 Å². The summed E-state index contributed by atoms with van der Waals surface area (Å²) in [6.07, 6.45) is 6.22. The van der Waals surface area contributed by atoms with Crippen LogP contribution in [0.5, 0.6) is 0 Å². The molecule has 23 heavy (non-hydrogen) atoms. The number of furan rings is 1. The second kappa shape index (κ2) is 6.57. The third-order valence-corrected chi connectivity index (χ3v) is 4.75. The number of halogens is 1.